The third-order valence-electron chi connectivity index (χ3n) is 3.93. The van der Waals surface area contributed by atoms with Gasteiger partial charge in [0.1, 0.15) is 23.2 Å². The second kappa shape index (κ2) is 5.52. The lowest BCUT2D eigenvalue weighted by Crippen LogP contribution is -1.82. The number of thiophene rings is 1. The lowest BCUT2D eigenvalue weighted by Gasteiger charge is -1.92. The maximum absolute atomic E-state index is 9.37. The molecule has 3 heterocycles. The van der Waals surface area contributed by atoms with E-state index in [1.54, 1.807) is 6.08 Å². The first-order valence-corrected chi connectivity index (χ1v) is 8.22. The van der Waals surface area contributed by atoms with Gasteiger partial charge in [-0.2, -0.15) is 10.2 Å². The third-order valence-corrected chi connectivity index (χ3v) is 4.79. The number of rotatable bonds is 4. The van der Waals surface area contributed by atoms with E-state index in [0.717, 1.165) is 17.1 Å². The minimum Gasteiger partial charge on any atom is -0.461 e. The number of nitrogens with zero attached hydrogens (tertiary/aromatic N) is 3. The highest BCUT2D eigenvalue weighted by atomic mass is 32.1. The molecule has 0 bridgehead atoms. The molecule has 2 atom stereocenters. The molecule has 1 aliphatic rings. The van der Waals surface area contributed by atoms with Gasteiger partial charge >= 0.3 is 0 Å². The number of nitriles is 1. The zero-order valence-corrected chi connectivity index (χ0v) is 13.2. The predicted molar refractivity (Wildman–Crippen MR) is 86.3 cm³/mol. The smallest absolute Gasteiger partial charge is 0.269 e. The molecule has 114 valence electrons. The molecule has 0 N–H and O–H groups in total. The van der Waals surface area contributed by atoms with Gasteiger partial charge in [-0.25, -0.2) is 0 Å². The summed E-state index contributed by atoms with van der Waals surface area (Å²) in [6.07, 6.45) is 2.80. The van der Waals surface area contributed by atoms with Gasteiger partial charge in [-0.1, -0.05) is 18.1 Å². The number of hydrogen-bond donors (Lipinski definition) is 0. The largest absolute Gasteiger partial charge is 0.461 e. The topological polar surface area (TPSA) is 75.8 Å². The average molecular weight is 323 g/mol. The van der Waals surface area contributed by atoms with Gasteiger partial charge in [0.15, 0.2) is 0 Å². The number of aromatic nitrogens is 2. The summed E-state index contributed by atoms with van der Waals surface area (Å²) in [5.41, 5.74) is 0.296. The molecule has 1 fully saturated rings. The van der Waals surface area contributed by atoms with Crippen molar-refractivity contribution in [1.82, 2.24) is 10.1 Å². The Morgan fingerprint density at radius 3 is 3.00 bits per heavy atom. The SMILES string of the molecule is C[C@@H]1C[C@@H]1c1ccc(/C=C(\C#N)c2nc(-c3cccs3)no2)o1. The average Bonchev–Trinajstić information content (AvgIpc) is 3.09. The van der Waals surface area contributed by atoms with Crippen LogP contribution in [0.4, 0.5) is 0 Å². The molecule has 1 aliphatic carbocycles. The molecule has 0 radical (unpaired) electrons. The minimum absolute atomic E-state index is 0.202. The van der Waals surface area contributed by atoms with E-state index < -0.39 is 0 Å². The van der Waals surface area contributed by atoms with Gasteiger partial charge in [0.2, 0.25) is 5.82 Å². The third kappa shape index (κ3) is 2.71. The highest BCUT2D eigenvalue weighted by molar-refractivity contribution is 7.13. The van der Waals surface area contributed by atoms with Crippen LogP contribution in [0, 0.1) is 17.2 Å². The molecule has 0 unspecified atom stereocenters. The van der Waals surface area contributed by atoms with Gasteiger partial charge in [-0.3, -0.25) is 0 Å². The van der Waals surface area contributed by atoms with Gasteiger partial charge in [0.25, 0.3) is 5.89 Å². The second-order valence-corrected chi connectivity index (χ2v) is 6.58. The van der Waals surface area contributed by atoms with Gasteiger partial charge in [-0.05, 0) is 35.9 Å². The van der Waals surface area contributed by atoms with Crippen molar-refractivity contribution < 1.29 is 8.94 Å². The summed E-state index contributed by atoms with van der Waals surface area (Å²) in [5.74, 6) is 3.49. The molecule has 3 aromatic rings. The molecular weight excluding hydrogens is 310 g/mol. The summed E-state index contributed by atoms with van der Waals surface area (Å²) in [6.45, 7) is 2.20. The van der Waals surface area contributed by atoms with Crippen molar-refractivity contribution in [3.63, 3.8) is 0 Å². The van der Waals surface area contributed by atoms with E-state index >= 15 is 0 Å². The first kappa shape index (κ1) is 14.0. The van der Waals surface area contributed by atoms with Crippen LogP contribution in [-0.4, -0.2) is 10.1 Å². The Bertz CT molecular complexity index is 899. The Hall–Kier alpha value is -2.65. The number of furan rings is 1. The molecule has 1 saturated carbocycles. The van der Waals surface area contributed by atoms with E-state index in [-0.39, 0.29) is 5.89 Å². The van der Waals surface area contributed by atoms with Gasteiger partial charge in [0, 0.05) is 12.0 Å². The molecule has 6 heteroatoms. The molecule has 5 nitrogen and oxygen atoms in total. The van der Waals surface area contributed by atoms with Crippen molar-refractivity contribution in [2.75, 3.05) is 0 Å². The Labute approximate surface area is 136 Å². The molecule has 4 rings (SSSR count). The highest BCUT2D eigenvalue weighted by Gasteiger charge is 2.36. The van der Waals surface area contributed by atoms with E-state index in [4.69, 9.17) is 8.94 Å². The minimum atomic E-state index is 0.202. The highest BCUT2D eigenvalue weighted by Crippen LogP contribution is 2.47. The first-order chi connectivity index (χ1) is 11.2. The fourth-order valence-electron chi connectivity index (χ4n) is 2.49. The standard InChI is InChI=1S/C17H13N3O2S/c1-10-7-13(10)14-5-4-12(21-14)8-11(9-18)17-19-16(20-22-17)15-3-2-6-23-15/h2-6,8,10,13H,7H2,1H3/b11-8+/t10-,13+/m1/s1. The molecule has 23 heavy (non-hydrogen) atoms. The van der Waals surface area contributed by atoms with E-state index in [1.165, 1.54) is 11.3 Å². The summed E-state index contributed by atoms with van der Waals surface area (Å²) < 4.78 is 11.0. The summed E-state index contributed by atoms with van der Waals surface area (Å²) in [7, 11) is 0. The number of hydrogen-bond acceptors (Lipinski definition) is 6. The Morgan fingerprint density at radius 2 is 2.30 bits per heavy atom. The lowest BCUT2D eigenvalue weighted by molar-refractivity contribution is 0.409. The van der Waals surface area contributed by atoms with Crippen LogP contribution in [0.2, 0.25) is 0 Å². The van der Waals surface area contributed by atoms with Crippen LogP contribution in [0.5, 0.6) is 0 Å². The predicted octanol–water partition coefficient (Wildman–Crippen LogP) is 4.58. The zero-order chi connectivity index (χ0) is 15.8. The van der Waals surface area contributed by atoms with E-state index in [9.17, 15) is 5.26 Å². The molecular formula is C17H13N3O2S. The van der Waals surface area contributed by atoms with Crippen molar-refractivity contribution in [3.8, 4) is 16.8 Å². The summed E-state index contributed by atoms with van der Waals surface area (Å²) in [5, 5.41) is 15.2. The van der Waals surface area contributed by atoms with E-state index in [0.29, 0.717) is 29.0 Å². The van der Waals surface area contributed by atoms with Crippen molar-refractivity contribution in [1.29, 1.82) is 5.26 Å². The van der Waals surface area contributed by atoms with Crippen LogP contribution in [0.25, 0.3) is 22.4 Å². The quantitative estimate of drug-likeness (QED) is 0.657. The maximum atomic E-state index is 9.37. The molecule has 3 aromatic heterocycles. The van der Waals surface area contributed by atoms with Crippen molar-refractivity contribution >= 4 is 23.0 Å². The van der Waals surface area contributed by atoms with Crippen LogP contribution in [-0.2, 0) is 0 Å². The Balaban J connectivity index is 1.61. The summed E-state index contributed by atoms with van der Waals surface area (Å²) in [6, 6.07) is 9.76. The lowest BCUT2D eigenvalue weighted by atomic mass is 10.2. The van der Waals surface area contributed by atoms with Gasteiger partial charge < -0.3 is 8.94 Å². The van der Waals surface area contributed by atoms with E-state index in [2.05, 4.69) is 23.1 Å². The maximum Gasteiger partial charge on any atom is 0.269 e. The van der Waals surface area contributed by atoms with E-state index in [1.807, 2.05) is 29.6 Å². The van der Waals surface area contributed by atoms with Crippen LogP contribution in [0.3, 0.4) is 0 Å². The van der Waals surface area contributed by atoms with Crippen molar-refractivity contribution in [2.45, 2.75) is 19.3 Å². The normalized spacial score (nSPS) is 20.4. The fourth-order valence-corrected chi connectivity index (χ4v) is 3.14. The fraction of sp³-hybridized carbons (Fsp3) is 0.235. The van der Waals surface area contributed by atoms with Crippen LogP contribution in [0.15, 0.2) is 38.6 Å². The van der Waals surface area contributed by atoms with Crippen LogP contribution < -0.4 is 0 Å². The van der Waals surface area contributed by atoms with Crippen LogP contribution in [0.1, 0.15) is 36.7 Å². The van der Waals surface area contributed by atoms with Crippen LogP contribution >= 0.6 is 11.3 Å². The van der Waals surface area contributed by atoms with Crippen molar-refractivity contribution in [3.05, 3.63) is 47.1 Å². The van der Waals surface area contributed by atoms with Crippen molar-refractivity contribution in [2.24, 2.45) is 5.92 Å². The van der Waals surface area contributed by atoms with Gasteiger partial charge in [0.05, 0.1) is 4.88 Å². The van der Waals surface area contributed by atoms with Gasteiger partial charge in [-0.15, -0.1) is 11.3 Å². The molecule has 0 saturated heterocycles. The molecule has 0 spiro atoms. The monoisotopic (exact) mass is 323 g/mol. The molecule has 0 amide bonds. The molecule has 0 aliphatic heterocycles. The zero-order valence-electron chi connectivity index (χ0n) is 12.4. The Morgan fingerprint density at radius 1 is 1.43 bits per heavy atom. The summed E-state index contributed by atoms with van der Waals surface area (Å²) in [4.78, 5) is 5.19. The number of allylic oxidation sites excluding steroid dienone is 1. The molecule has 0 aromatic carbocycles. The summed E-state index contributed by atoms with van der Waals surface area (Å²) >= 11 is 1.52. The first-order valence-electron chi connectivity index (χ1n) is 7.34. The second-order valence-electron chi connectivity index (χ2n) is 5.63. The Kier molecular flexibility index (Phi) is 3.36.